The maximum atomic E-state index is 5.08. The van der Waals surface area contributed by atoms with Crippen molar-refractivity contribution in [3.63, 3.8) is 0 Å². The first kappa shape index (κ1) is 17.0. The molecule has 0 saturated heterocycles. The molecule has 116 valence electrons. The summed E-state index contributed by atoms with van der Waals surface area (Å²) < 4.78 is 7.09. The number of methoxy groups -OCH3 is 1. The van der Waals surface area contributed by atoms with Crippen LogP contribution in [0.1, 0.15) is 38.4 Å². The Hall–Kier alpha value is -1.07. The highest BCUT2D eigenvalue weighted by Gasteiger charge is 2.20. The third-order valence-electron chi connectivity index (χ3n) is 3.46. The largest absolute Gasteiger partial charge is 0.383 e. The minimum atomic E-state index is 0.475. The van der Waals surface area contributed by atoms with Crippen molar-refractivity contribution < 1.29 is 4.74 Å². The van der Waals surface area contributed by atoms with Crippen molar-refractivity contribution >= 4 is 5.82 Å². The van der Waals surface area contributed by atoms with Gasteiger partial charge in [-0.1, -0.05) is 6.92 Å². The Morgan fingerprint density at radius 2 is 2.10 bits per heavy atom. The molecule has 5 heteroatoms. The number of aryl methyl sites for hydroxylation is 2. The standard InChI is InChI=1S/C15H30N4O/c1-7-9-19(12(2)3)15-14(11-16-8-10-20-6)13(4)17-18(15)5/h12,16H,7-11H2,1-6H3. The summed E-state index contributed by atoms with van der Waals surface area (Å²) in [4.78, 5) is 2.44. The molecular formula is C15H30N4O. The minimum absolute atomic E-state index is 0.475. The highest BCUT2D eigenvalue weighted by atomic mass is 16.5. The topological polar surface area (TPSA) is 42.3 Å². The van der Waals surface area contributed by atoms with Crippen LogP contribution in [0.2, 0.25) is 0 Å². The summed E-state index contributed by atoms with van der Waals surface area (Å²) in [6, 6.07) is 0.475. The van der Waals surface area contributed by atoms with Gasteiger partial charge in [-0.3, -0.25) is 4.68 Å². The van der Waals surface area contributed by atoms with Crippen molar-refractivity contribution in [3.05, 3.63) is 11.3 Å². The SMILES string of the molecule is CCCN(c1c(CNCCOC)c(C)nn1C)C(C)C. The molecule has 0 aromatic carbocycles. The minimum Gasteiger partial charge on any atom is -0.383 e. The first-order chi connectivity index (χ1) is 9.52. The molecule has 1 heterocycles. The van der Waals surface area contributed by atoms with E-state index in [1.54, 1.807) is 7.11 Å². The molecule has 0 fully saturated rings. The van der Waals surface area contributed by atoms with Gasteiger partial charge in [0.25, 0.3) is 0 Å². The van der Waals surface area contributed by atoms with Gasteiger partial charge in [0, 0.05) is 45.4 Å². The molecule has 1 N–H and O–H groups in total. The number of hydrogen-bond acceptors (Lipinski definition) is 4. The Morgan fingerprint density at radius 3 is 2.65 bits per heavy atom. The van der Waals surface area contributed by atoms with Crippen LogP contribution in [0, 0.1) is 6.92 Å². The van der Waals surface area contributed by atoms with Gasteiger partial charge in [-0.25, -0.2) is 0 Å². The highest BCUT2D eigenvalue weighted by molar-refractivity contribution is 5.50. The number of aromatic nitrogens is 2. The van der Waals surface area contributed by atoms with E-state index in [2.05, 4.69) is 43.0 Å². The van der Waals surface area contributed by atoms with Gasteiger partial charge >= 0.3 is 0 Å². The van der Waals surface area contributed by atoms with Gasteiger partial charge in [0.05, 0.1) is 12.3 Å². The number of ether oxygens (including phenoxy) is 1. The molecule has 1 rings (SSSR count). The van der Waals surface area contributed by atoms with Gasteiger partial charge in [0.1, 0.15) is 5.82 Å². The first-order valence-corrected chi connectivity index (χ1v) is 7.51. The normalized spacial score (nSPS) is 11.3. The van der Waals surface area contributed by atoms with Crippen molar-refractivity contribution in [2.45, 2.75) is 46.7 Å². The summed E-state index contributed by atoms with van der Waals surface area (Å²) in [7, 11) is 3.76. The Labute approximate surface area is 123 Å². The summed E-state index contributed by atoms with van der Waals surface area (Å²) in [5.74, 6) is 1.24. The lowest BCUT2D eigenvalue weighted by atomic mass is 10.2. The van der Waals surface area contributed by atoms with Crippen LogP contribution in [0.4, 0.5) is 5.82 Å². The van der Waals surface area contributed by atoms with Gasteiger partial charge < -0.3 is 15.0 Å². The van der Waals surface area contributed by atoms with Crippen molar-refractivity contribution in [2.24, 2.45) is 7.05 Å². The zero-order valence-corrected chi connectivity index (χ0v) is 13.9. The summed E-state index contributed by atoms with van der Waals surface area (Å²) in [5, 5.41) is 8.03. The zero-order valence-electron chi connectivity index (χ0n) is 13.9. The Balaban J connectivity index is 2.92. The molecule has 0 unspecified atom stereocenters. The van der Waals surface area contributed by atoms with Crippen LogP contribution in [0.3, 0.4) is 0 Å². The van der Waals surface area contributed by atoms with E-state index >= 15 is 0 Å². The van der Waals surface area contributed by atoms with Crippen LogP contribution >= 0.6 is 0 Å². The molecule has 20 heavy (non-hydrogen) atoms. The summed E-state index contributed by atoms with van der Waals surface area (Å²) in [6.45, 7) is 12.3. The van der Waals surface area contributed by atoms with Gasteiger partial charge in [0.2, 0.25) is 0 Å². The fourth-order valence-corrected chi connectivity index (χ4v) is 2.49. The molecule has 0 atom stereocenters. The van der Waals surface area contributed by atoms with Crippen LogP contribution in [0.25, 0.3) is 0 Å². The van der Waals surface area contributed by atoms with E-state index in [1.165, 1.54) is 11.4 Å². The average Bonchev–Trinajstić information content (AvgIpc) is 2.66. The maximum Gasteiger partial charge on any atom is 0.131 e. The third kappa shape index (κ3) is 4.21. The summed E-state index contributed by atoms with van der Waals surface area (Å²) in [5.41, 5.74) is 2.40. The predicted molar refractivity (Wildman–Crippen MR) is 84.3 cm³/mol. The highest BCUT2D eigenvalue weighted by Crippen LogP contribution is 2.25. The average molecular weight is 282 g/mol. The Kier molecular flexibility index (Phi) is 7.02. The molecular weight excluding hydrogens is 252 g/mol. The van der Waals surface area contributed by atoms with Crippen LogP contribution in [-0.2, 0) is 18.3 Å². The van der Waals surface area contributed by atoms with E-state index in [4.69, 9.17) is 4.74 Å². The second-order valence-electron chi connectivity index (χ2n) is 5.47. The van der Waals surface area contributed by atoms with Crippen LogP contribution < -0.4 is 10.2 Å². The molecule has 0 aliphatic rings. The van der Waals surface area contributed by atoms with Crippen molar-refractivity contribution in [1.29, 1.82) is 0 Å². The monoisotopic (exact) mass is 282 g/mol. The van der Waals surface area contributed by atoms with Crippen LogP contribution in [-0.4, -0.2) is 42.6 Å². The number of rotatable bonds is 9. The maximum absolute atomic E-state index is 5.08. The molecule has 1 aromatic heterocycles. The fourth-order valence-electron chi connectivity index (χ4n) is 2.49. The van der Waals surface area contributed by atoms with E-state index < -0.39 is 0 Å². The van der Waals surface area contributed by atoms with E-state index in [1.807, 2.05) is 11.7 Å². The molecule has 0 radical (unpaired) electrons. The Morgan fingerprint density at radius 1 is 1.40 bits per heavy atom. The Bertz CT molecular complexity index is 401. The fraction of sp³-hybridized carbons (Fsp3) is 0.800. The van der Waals surface area contributed by atoms with Gasteiger partial charge in [-0.05, 0) is 27.2 Å². The number of hydrogen-bond donors (Lipinski definition) is 1. The lowest BCUT2D eigenvalue weighted by molar-refractivity contribution is 0.199. The second kappa shape index (κ2) is 8.27. The number of nitrogens with one attached hydrogen (secondary N) is 1. The molecule has 0 saturated carbocycles. The van der Waals surface area contributed by atoms with E-state index in [0.29, 0.717) is 6.04 Å². The number of anilines is 1. The van der Waals surface area contributed by atoms with Gasteiger partial charge in [-0.15, -0.1) is 0 Å². The van der Waals surface area contributed by atoms with Crippen molar-refractivity contribution in [1.82, 2.24) is 15.1 Å². The number of nitrogens with zero attached hydrogens (tertiary/aromatic N) is 3. The first-order valence-electron chi connectivity index (χ1n) is 7.51. The smallest absolute Gasteiger partial charge is 0.131 e. The van der Waals surface area contributed by atoms with Gasteiger partial charge in [0.15, 0.2) is 0 Å². The summed E-state index contributed by atoms with van der Waals surface area (Å²) >= 11 is 0. The summed E-state index contributed by atoms with van der Waals surface area (Å²) in [6.07, 6.45) is 1.14. The van der Waals surface area contributed by atoms with Crippen molar-refractivity contribution in [2.75, 3.05) is 31.7 Å². The van der Waals surface area contributed by atoms with Crippen molar-refractivity contribution in [3.8, 4) is 0 Å². The molecule has 5 nitrogen and oxygen atoms in total. The zero-order chi connectivity index (χ0) is 15.1. The van der Waals surface area contributed by atoms with Crippen LogP contribution in [0.5, 0.6) is 0 Å². The molecule has 0 aliphatic carbocycles. The quantitative estimate of drug-likeness (QED) is 0.704. The molecule has 0 spiro atoms. The van der Waals surface area contributed by atoms with E-state index in [0.717, 1.165) is 38.4 Å². The molecule has 0 amide bonds. The molecule has 0 bridgehead atoms. The van der Waals surface area contributed by atoms with Crippen LogP contribution in [0.15, 0.2) is 0 Å². The lowest BCUT2D eigenvalue weighted by Gasteiger charge is -2.29. The molecule has 1 aromatic rings. The molecule has 0 aliphatic heterocycles. The lowest BCUT2D eigenvalue weighted by Crippen LogP contribution is -2.34. The predicted octanol–water partition coefficient (Wildman–Crippen LogP) is 2.09. The van der Waals surface area contributed by atoms with E-state index in [9.17, 15) is 0 Å². The van der Waals surface area contributed by atoms with Gasteiger partial charge in [-0.2, -0.15) is 5.10 Å². The second-order valence-corrected chi connectivity index (χ2v) is 5.47. The van der Waals surface area contributed by atoms with E-state index in [-0.39, 0.29) is 0 Å². The third-order valence-corrected chi connectivity index (χ3v) is 3.46.